The molecule has 0 radical (unpaired) electrons. The van der Waals surface area contributed by atoms with E-state index in [1.54, 1.807) is 0 Å². The molecule has 1 aromatic rings. The molecule has 1 aromatic heterocycles. The van der Waals surface area contributed by atoms with Gasteiger partial charge in [0.15, 0.2) is 0 Å². The van der Waals surface area contributed by atoms with Crippen LogP contribution in [0.15, 0.2) is 16.7 Å². The summed E-state index contributed by atoms with van der Waals surface area (Å²) in [6.45, 7) is 1.60. The normalized spacial score (nSPS) is 15.9. The molecule has 0 atom stereocenters. The topological polar surface area (TPSA) is 53.7 Å². The molecule has 15 heavy (non-hydrogen) atoms. The molecule has 4 heteroatoms. The Morgan fingerprint density at radius 2 is 2.40 bits per heavy atom. The van der Waals surface area contributed by atoms with E-state index in [0.29, 0.717) is 12.3 Å². The molecule has 0 amide bonds. The fraction of sp³-hybridized carbons (Fsp3) is 0.545. The van der Waals surface area contributed by atoms with Crippen molar-refractivity contribution < 1.29 is 14.3 Å². The molecule has 1 saturated carbocycles. The van der Waals surface area contributed by atoms with Gasteiger partial charge in [0.2, 0.25) is 0 Å². The molecule has 0 saturated heterocycles. The molecule has 1 fully saturated rings. The molecule has 0 aromatic carbocycles. The van der Waals surface area contributed by atoms with Gasteiger partial charge in [-0.05, 0) is 31.9 Å². The number of rotatable bonds is 5. The van der Waals surface area contributed by atoms with Gasteiger partial charge in [-0.3, -0.25) is 4.90 Å². The molecule has 1 aliphatic rings. The lowest BCUT2D eigenvalue weighted by Gasteiger charge is -2.14. The van der Waals surface area contributed by atoms with Crippen LogP contribution in [0.4, 0.5) is 0 Å². The largest absolute Gasteiger partial charge is 0.478 e. The van der Waals surface area contributed by atoms with Crippen molar-refractivity contribution in [1.29, 1.82) is 0 Å². The number of hydrogen-bond acceptors (Lipinski definition) is 3. The van der Waals surface area contributed by atoms with Crippen LogP contribution in [-0.4, -0.2) is 29.6 Å². The quantitative estimate of drug-likeness (QED) is 0.803. The predicted octanol–water partition coefficient (Wildman–Crippen LogP) is 1.82. The second-order valence-corrected chi connectivity index (χ2v) is 4.20. The lowest BCUT2D eigenvalue weighted by molar-refractivity contribution is 0.0693. The Morgan fingerprint density at radius 3 is 3.00 bits per heavy atom. The van der Waals surface area contributed by atoms with Gasteiger partial charge in [0.05, 0.1) is 12.8 Å². The second-order valence-electron chi connectivity index (χ2n) is 4.20. The molecule has 0 unspecified atom stereocenters. The van der Waals surface area contributed by atoms with Crippen LogP contribution >= 0.6 is 0 Å². The van der Waals surface area contributed by atoms with Gasteiger partial charge in [-0.2, -0.15) is 0 Å². The Hall–Kier alpha value is -1.29. The summed E-state index contributed by atoms with van der Waals surface area (Å²) in [5.74, 6) is 0.433. The summed E-state index contributed by atoms with van der Waals surface area (Å²) < 4.78 is 5.18. The number of furan rings is 1. The van der Waals surface area contributed by atoms with E-state index in [1.807, 2.05) is 7.05 Å². The lowest BCUT2D eigenvalue weighted by atomic mass is 10.2. The van der Waals surface area contributed by atoms with E-state index in [1.165, 1.54) is 25.2 Å². The van der Waals surface area contributed by atoms with Gasteiger partial charge < -0.3 is 9.52 Å². The van der Waals surface area contributed by atoms with E-state index in [0.717, 1.165) is 12.5 Å². The highest BCUT2D eigenvalue weighted by molar-refractivity contribution is 5.88. The van der Waals surface area contributed by atoms with Crippen LogP contribution in [0.1, 0.15) is 29.0 Å². The SMILES string of the molecule is CN(Cc1occc1C(=O)O)CC1CC1. The van der Waals surface area contributed by atoms with Crippen molar-refractivity contribution in [2.45, 2.75) is 19.4 Å². The molecule has 1 N–H and O–H groups in total. The van der Waals surface area contributed by atoms with Gasteiger partial charge in [-0.15, -0.1) is 0 Å². The van der Waals surface area contributed by atoms with Crippen LogP contribution in [0.5, 0.6) is 0 Å². The van der Waals surface area contributed by atoms with E-state index in [9.17, 15) is 4.79 Å². The number of nitrogens with zero attached hydrogens (tertiary/aromatic N) is 1. The summed E-state index contributed by atoms with van der Waals surface area (Å²) in [6.07, 6.45) is 4.03. The molecule has 2 rings (SSSR count). The van der Waals surface area contributed by atoms with Gasteiger partial charge in [-0.1, -0.05) is 0 Å². The monoisotopic (exact) mass is 209 g/mol. The summed E-state index contributed by atoms with van der Waals surface area (Å²) >= 11 is 0. The number of carbonyl (C=O) groups is 1. The standard InChI is InChI=1S/C11H15NO3/c1-12(6-8-2-3-8)7-10-9(11(13)14)4-5-15-10/h4-5,8H,2-3,6-7H2,1H3,(H,13,14). The second kappa shape index (κ2) is 4.06. The van der Waals surface area contributed by atoms with Crippen molar-refractivity contribution in [3.63, 3.8) is 0 Å². The molecule has 1 aliphatic carbocycles. The first-order valence-corrected chi connectivity index (χ1v) is 5.15. The Morgan fingerprint density at radius 1 is 1.67 bits per heavy atom. The van der Waals surface area contributed by atoms with E-state index in [4.69, 9.17) is 9.52 Å². The van der Waals surface area contributed by atoms with E-state index >= 15 is 0 Å². The van der Waals surface area contributed by atoms with Gasteiger partial charge in [0.1, 0.15) is 11.3 Å². The van der Waals surface area contributed by atoms with Crippen LogP contribution < -0.4 is 0 Å². The molecular weight excluding hydrogens is 194 g/mol. The van der Waals surface area contributed by atoms with Crippen LogP contribution in [0, 0.1) is 5.92 Å². The minimum absolute atomic E-state index is 0.276. The lowest BCUT2D eigenvalue weighted by Crippen LogP contribution is -2.21. The molecule has 4 nitrogen and oxygen atoms in total. The van der Waals surface area contributed by atoms with E-state index in [2.05, 4.69) is 4.90 Å². The highest BCUT2D eigenvalue weighted by Gasteiger charge is 2.24. The average molecular weight is 209 g/mol. The maximum atomic E-state index is 10.8. The highest BCUT2D eigenvalue weighted by Crippen LogP contribution is 2.29. The minimum atomic E-state index is -0.918. The zero-order chi connectivity index (χ0) is 10.8. The Labute approximate surface area is 88.5 Å². The number of carboxylic acid groups (broad SMARTS) is 1. The van der Waals surface area contributed by atoms with E-state index < -0.39 is 5.97 Å². The first kappa shape index (κ1) is 10.2. The third-order valence-corrected chi connectivity index (χ3v) is 2.66. The number of carboxylic acids is 1. The molecule has 82 valence electrons. The molecular formula is C11H15NO3. The van der Waals surface area contributed by atoms with Crippen molar-refractivity contribution in [2.75, 3.05) is 13.6 Å². The van der Waals surface area contributed by atoms with Crippen LogP contribution in [-0.2, 0) is 6.54 Å². The Kier molecular flexibility index (Phi) is 2.77. The van der Waals surface area contributed by atoms with E-state index in [-0.39, 0.29) is 5.56 Å². The van der Waals surface area contributed by atoms with Crippen molar-refractivity contribution >= 4 is 5.97 Å². The van der Waals surface area contributed by atoms with Gasteiger partial charge in [0.25, 0.3) is 0 Å². The summed E-state index contributed by atoms with van der Waals surface area (Å²) in [4.78, 5) is 12.9. The van der Waals surface area contributed by atoms with Crippen molar-refractivity contribution in [1.82, 2.24) is 4.90 Å². The first-order chi connectivity index (χ1) is 7.16. The van der Waals surface area contributed by atoms with Crippen molar-refractivity contribution in [3.8, 4) is 0 Å². The van der Waals surface area contributed by atoms with Gasteiger partial charge >= 0.3 is 5.97 Å². The first-order valence-electron chi connectivity index (χ1n) is 5.15. The number of hydrogen-bond donors (Lipinski definition) is 1. The van der Waals surface area contributed by atoms with Crippen molar-refractivity contribution in [2.24, 2.45) is 5.92 Å². The summed E-state index contributed by atoms with van der Waals surface area (Å²) in [5.41, 5.74) is 0.276. The number of aromatic carboxylic acids is 1. The van der Waals surface area contributed by atoms with Crippen LogP contribution in [0.3, 0.4) is 0 Å². The Balaban J connectivity index is 1.96. The summed E-state index contributed by atoms with van der Waals surface area (Å²) in [7, 11) is 1.99. The van der Waals surface area contributed by atoms with Crippen LogP contribution in [0.2, 0.25) is 0 Å². The molecule has 0 spiro atoms. The average Bonchev–Trinajstić information content (AvgIpc) is 2.82. The maximum absolute atomic E-state index is 10.8. The molecule has 0 aliphatic heterocycles. The zero-order valence-electron chi connectivity index (χ0n) is 8.77. The summed E-state index contributed by atoms with van der Waals surface area (Å²) in [5, 5.41) is 8.88. The fourth-order valence-corrected chi connectivity index (χ4v) is 1.70. The van der Waals surface area contributed by atoms with Gasteiger partial charge in [-0.25, -0.2) is 4.79 Å². The zero-order valence-corrected chi connectivity index (χ0v) is 8.77. The molecule has 1 heterocycles. The third-order valence-electron chi connectivity index (χ3n) is 2.66. The van der Waals surface area contributed by atoms with Crippen molar-refractivity contribution in [3.05, 3.63) is 23.7 Å². The smallest absolute Gasteiger partial charge is 0.339 e. The molecule has 0 bridgehead atoms. The fourth-order valence-electron chi connectivity index (χ4n) is 1.70. The Bertz CT molecular complexity index is 354. The minimum Gasteiger partial charge on any atom is -0.478 e. The van der Waals surface area contributed by atoms with Crippen LogP contribution in [0.25, 0.3) is 0 Å². The van der Waals surface area contributed by atoms with Gasteiger partial charge in [0, 0.05) is 6.54 Å². The highest BCUT2D eigenvalue weighted by atomic mass is 16.4. The predicted molar refractivity (Wildman–Crippen MR) is 54.7 cm³/mol. The third kappa shape index (κ3) is 2.59. The maximum Gasteiger partial charge on any atom is 0.339 e. The summed E-state index contributed by atoms with van der Waals surface area (Å²) in [6, 6.07) is 1.50.